The van der Waals surface area contributed by atoms with Crippen LogP contribution in [0.5, 0.6) is 0 Å². The lowest BCUT2D eigenvalue weighted by Gasteiger charge is -2.20. The molecule has 0 aliphatic heterocycles. The second-order valence-corrected chi connectivity index (χ2v) is 6.49. The van der Waals surface area contributed by atoms with E-state index in [-0.39, 0.29) is 5.91 Å². The number of carbonyl (C=O) groups excluding carboxylic acids is 1. The summed E-state index contributed by atoms with van der Waals surface area (Å²) in [5.74, 6) is 0.947. The molecule has 2 heterocycles. The molecule has 6 heteroatoms. The van der Waals surface area contributed by atoms with Crippen molar-refractivity contribution < 1.29 is 9.21 Å². The van der Waals surface area contributed by atoms with Crippen molar-refractivity contribution in [2.75, 3.05) is 18.2 Å². The number of hydrogen-bond acceptors (Lipinski definition) is 5. The van der Waals surface area contributed by atoms with Crippen molar-refractivity contribution in [1.82, 2.24) is 9.97 Å². The van der Waals surface area contributed by atoms with Gasteiger partial charge in [-0.25, -0.2) is 9.97 Å². The highest BCUT2D eigenvalue weighted by molar-refractivity contribution is 7.98. The molecular weight excluding hydrogens is 334 g/mol. The van der Waals surface area contributed by atoms with Gasteiger partial charge in [-0.1, -0.05) is 17.7 Å². The highest BCUT2D eigenvalue weighted by Gasteiger charge is 2.23. The molecular formula is C19H19N3O2S. The Morgan fingerprint density at radius 3 is 2.44 bits per heavy atom. The first kappa shape index (κ1) is 17.2. The first-order valence-corrected chi connectivity index (χ1v) is 9.05. The number of anilines is 1. The Hall–Kier alpha value is -2.60. The molecule has 0 bridgehead atoms. The molecule has 1 aromatic carbocycles. The Morgan fingerprint density at radius 1 is 1.12 bits per heavy atom. The summed E-state index contributed by atoms with van der Waals surface area (Å²) in [4.78, 5) is 23.6. The summed E-state index contributed by atoms with van der Waals surface area (Å²) in [6, 6.07) is 11.4. The smallest absolute Gasteiger partial charge is 0.262 e. The van der Waals surface area contributed by atoms with Crippen LogP contribution in [0.1, 0.15) is 21.6 Å². The SMILES string of the molecule is CSc1nc(-c2ccco2)nc(C)c1C(=O)N(C)c1ccc(C)cc1. The van der Waals surface area contributed by atoms with E-state index < -0.39 is 0 Å². The summed E-state index contributed by atoms with van der Waals surface area (Å²) in [5, 5.41) is 0.642. The van der Waals surface area contributed by atoms with Crippen LogP contribution in [0.15, 0.2) is 52.1 Å². The monoisotopic (exact) mass is 353 g/mol. The van der Waals surface area contributed by atoms with Crippen molar-refractivity contribution in [2.24, 2.45) is 0 Å². The number of thioether (sulfide) groups is 1. The van der Waals surface area contributed by atoms with E-state index in [0.29, 0.717) is 27.9 Å². The van der Waals surface area contributed by atoms with Gasteiger partial charge in [0.25, 0.3) is 5.91 Å². The highest BCUT2D eigenvalue weighted by atomic mass is 32.2. The van der Waals surface area contributed by atoms with Crippen molar-refractivity contribution in [1.29, 1.82) is 0 Å². The van der Waals surface area contributed by atoms with Crippen LogP contribution in [0, 0.1) is 13.8 Å². The molecule has 0 radical (unpaired) electrons. The number of amides is 1. The van der Waals surface area contributed by atoms with Gasteiger partial charge in [-0.3, -0.25) is 4.79 Å². The zero-order chi connectivity index (χ0) is 18.0. The maximum atomic E-state index is 13.0. The van der Waals surface area contributed by atoms with Gasteiger partial charge < -0.3 is 9.32 Å². The number of benzene rings is 1. The minimum atomic E-state index is -0.128. The quantitative estimate of drug-likeness (QED) is 0.515. The average Bonchev–Trinajstić information content (AvgIpc) is 3.15. The summed E-state index contributed by atoms with van der Waals surface area (Å²) < 4.78 is 5.37. The maximum Gasteiger partial charge on any atom is 0.262 e. The fraction of sp³-hybridized carbons (Fsp3) is 0.211. The van der Waals surface area contributed by atoms with E-state index in [4.69, 9.17) is 4.42 Å². The molecule has 0 unspecified atom stereocenters. The van der Waals surface area contributed by atoms with E-state index in [0.717, 1.165) is 11.3 Å². The molecule has 0 N–H and O–H groups in total. The number of hydrogen-bond donors (Lipinski definition) is 0. The summed E-state index contributed by atoms with van der Waals surface area (Å²) in [6.07, 6.45) is 3.48. The molecule has 0 aliphatic carbocycles. The zero-order valence-electron chi connectivity index (χ0n) is 14.6. The Balaban J connectivity index is 2.01. The summed E-state index contributed by atoms with van der Waals surface area (Å²) >= 11 is 1.42. The number of furan rings is 1. The Kier molecular flexibility index (Phi) is 4.90. The predicted octanol–water partition coefficient (Wildman–Crippen LogP) is 4.35. The third-order valence-corrected chi connectivity index (χ3v) is 4.61. The normalized spacial score (nSPS) is 10.7. The van der Waals surface area contributed by atoms with Gasteiger partial charge in [0, 0.05) is 12.7 Å². The molecule has 0 saturated heterocycles. The summed E-state index contributed by atoms with van der Waals surface area (Å²) in [6.45, 7) is 3.84. The molecule has 3 rings (SSSR count). The molecule has 0 aliphatic rings. The summed E-state index contributed by atoms with van der Waals surface area (Å²) in [5.41, 5.74) is 3.13. The molecule has 1 amide bonds. The van der Waals surface area contributed by atoms with E-state index in [1.165, 1.54) is 11.8 Å². The van der Waals surface area contributed by atoms with Gasteiger partial charge in [-0.2, -0.15) is 0 Å². The van der Waals surface area contributed by atoms with E-state index in [9.17, 15) is 4.79 Å². The van der Waals surface area contributed by atoms with Crippen molar-refractivity contribution in [3.8, 4) is 11.6 Å². The third kappa shape index (κ3) is 3.44. The maximum absolute atomic E-state index is 13.0. The van der Waals surface area contributed by atoms with Crippen molar-refractivity contribution in [3.63, 3.8) is 0 Å². The van der Waals surface area contributed by atoms with Gasteiger partial charge >= 0.3 is 0 Å². The molecule has 2 aromatic heterocycles. The van der Waals surface area contributed by atoms with Gasteiger partial charge in [0.05, 0.1) is 17.5 Å². The van der Waals surface area contributed by atoms with E-state index in [1.807, 2.05) is 44.4 Å². The Labute approximate surface area is 151 Å². The lowest BCUT2D eigenvalue weighted by Crippen LogP contribution is -2.28. The fourth-order valence-electron chi connectivity index (χ4n) is 2.51. The second kappa shape index (κ2) is 7.11. The summed E-state index contributed by atoms with van der Waals surface area (Å²) in [7, 11) is 1.76. The van der Waals surface area contributed by atoms with Gasteiger partial charge in [-0.05, 0) is 44.4 Å². The first-order chi connectivity index (χ1) is 12.0. The standard InChI is InChI=1S/C19H19N3O2S/c1-12-7-9-14(10-8-12)22(3)19(23)16-13(2)20-17(21-18(16)25-4)15-6-5-11-24-15/h5-11H,1-4H3. The molecule has 25 heavy (non-hydrogen) atoms. The number of carbonyl (C=O) groups is 1. The minimum absolute atomic E-state index is 0.128. The fourth-order valence-corrected chi connectivity index (χ4v) is 3.13. The molecule has 3 aromatic rings. The van der Waals surface area contributed by atoms with Crippen LogP contribution < -0.4 is 4.90 Å². The molecule has 128 valence electrons. The van der Waals surface area contributed by atoms with Gasteiger partial charge in [0.2, 0.25) is 0 Å². The van der Waals surface area contributed by atoms with Gasteiger partial charge in [-0.15, -0.1) is 11.8 Å². The number of nitrogens with zero attached hydrogens (tertiary/aromatic N) is 3. The van der Waals surface area contributed by atoms with Crippen LogP contribution in [-0.4, -0.2) is 29.2 Å². The van der Waals surface area contributed by atoms with Crippen LogP contribution in [-0.2, 0) is 0 Å². The Morgan fingerprint density at radius 2 is 1.84 bits per heavy atom. The second-order valence-electron chi connectivity index (χ2n) is 5.69. The van der Waals surface area contributed by atoms with Crippen molar-refractivity contribution >= 4 is 23.4 Å². The number of aryl methyl sites for hydroxylation is 2. The van der Waals surface area contributed by atoms with Crippen molar-refractivity contribution in [2.45, 2.75) is 18.9 Å². The third-order valence-electron chi connectivity index (χ3n) is 3.93. The van der Waals surface area contributed by atoms with Crippen LogP contribution in [0.3, 0.4) is 0 Å². The first-order valence-electron chi connectivity index (χ1n) is 7.82. The molecule has 0 atom stereocenters. The molecule has 0 fully saturated rings. The predicted molar refractivity (Wildman–Crippen MR) is 100 cm³/mol. The van der Waals surface area contributed by atoms with Crippen molar-refractivity contribution in [3.05, 3.63) is 59.5 Å². The van der Waals surface area contributed by atoms with Crippen LogP contribution in [0.25, 0.3) is 11.6 Å². The van der Waals surface area contributed by atoms with E-state index in [1.54, 1.807) is 30.3 Å². The Bertz CT molecular complexity index is 890. The van der Waals surface area contributed by atoms with E-state index in [2.05, 4.69) is 9.97 Å². The van der Waals surface area contributed by atoms with Crippen LogP contribution in [0.2, 0.25) is 0 Å². The van der Waals surface area contributed by atoms with E-state index >= 15 is 0 Å². The van der Waals surface area contributed by atoms with Crippen LogP contribution in [0.4, 0.5) is 5.69 Å². The zero-order valence-corrected chi connectivity index (χ0v) is 15.4. The number of rotatable bonds is 4. The highest BCUT2D eigenvalue weighted by Crippen LogP contribution is 2.27. The molecule has 0 spiro atoms. The van der Waals surface area contributed by atoms with Gasteiger partial charge in [0.1, 0.15) is 5.03 Å². The lowest BCUT2D eigenvalue weighted by atomic mass is 10.1. The van der Waals surface area contributed by atoms with Gasteiger partial charge in [0.15, 0.2) is 11.6 Å². The topological polar surface area (TPSA) is 59.2 Å². The minimum Gasteiger partial charge on any atom is -0.461 e. The molecule has 5 nitrogen and oxygen atoms in total. The lowest BCUT2D eigenvalue weighted by molar-refractivity contribution is 0.0988. The number of aromatic nitrogens is 2. The van der Waals surface area contributed by atoms with Crippen LogP contribution >= 0.6 is 11.8 Å². The average molecular weight is 353 g/mol. The largest absolute Gasteiger partial charge is 0.461 e. The molecule has 0 saturated carbocycles.